The monoisotopic (exact) mass is 310 g/mol. The molecule has 0 spiro atoms. The van der Waals surface area contributed by atoms with Crippen LogP contribution in [0.3, 0.4) is 0 Å². The molecule has 112 valence electrons. The van der Waals surface area contributed by atoms with Gasteiger partial charge in [-0.15, -0.1) is 0 Å². The molecule has 2 aliphatic rings. The molecule has 0 radical (unpaired) electrons. The Morgan fingerprint density at radius 3 is 2.82 bits per heavy atom. The molecule has 2 aromatic rings. The number of aryl methyl sites for hydroxylation is 2. The zero-order valence-corrected chi connectivity index (χ0v) is 13.3. The maximum absolute atomic E-state index is 6.23. The first-order chi connectivity index (χ1) is 10.8. The fourth-order valence-corrected chi connectivity index (χ4v) is 3.80. The summed E-state index contributed by atoms with van der Waals surface area (Å²) in [5.41, 5.74) is 8.01. The Morgan fingerprint density at radius 2 is 1.95 bits per heavy atom. The van der Waals surface area contributed by atoms with Crippen LogP contribution >= 0.6 is 11.6 Å². The normalized spacial score (nSPS) is 21.0. The molecule has 0 atom stereocenters. The minimum absolute atomic E-state index is 0.823. The highest BCUT2D eigenvalue weighted by Crippen LogP contribution is 2.37. The number of fused-ring (bicyclic) bond motifs is 2. The van der Waals surface area contributed by atoms with E-state index in [0.29, 0.717) is 0 Å². The average molecular weight is 311 g/mol. The van der Waals surface area contributed by atoms with E-state index in [1.165, 1.54) is 40.0 Å². The molecule has 1 aromatic carbocycles. The van der Waals surface area contributed by atoms with Crippen LogP contribution in [-0.4, -0.2) is 18.1 Å². The number of aromatic nitrogens is 1. The number of nitrogens with zero attached hydrogens (tertiary/aromatic N) is 1. The largest absolute Gasteiger partial charge is 0.313 e. The molecule has 2 heterocycles. The van der Waals surface area contributed by atoms with E-state index in [9.17, 15) is 0 Å². The highest BCUT2D eigenvalue weighted by molar-refractivity contribution is 6.30. The second kappa shape index (κ2) is 5.86. The summed E-state index contributed by atoms with van der Waals surface area (Å²) < 4.78 is 0. The van der Waals surface area contributed by atoms with Crippen LogP contribution in [0, 0.1) is 0 Å². The van der Waals surface area contributed by atoms with E-state index in [1.54, 1.807) is 0 Å². The quantitative estimate of drug-likeness (QED) is 0.795. The van der Waals surface area contributed by atoms with Gasteiger partial charge in [-0.1, -0.05) is 23.7 Å². The molecule has 1 N–H and O–H groups in total. The van der Waals surface area contributed by atoms with Gasteiger partial charge in [0.2, 0.25) is 0 Å². The van der Waals surface area contributed by atoms with Crippen LogP contribution in [0.2, 0.25) is 5.02 Å². The molecule has 0 unspecified atom stereocenters. The Morgan fingerprint density at radius 1 is 1.05 bits per heavy atom. The lowest BCUT2D eigenvalue weighted by molar-refractivity contribution is 0.611. The minimum atomic E-state index is 0.823. The zero-order valence-electron chi connectivity index (χ0n) is 12.5. The molecule has 1 aromatic heterocycles. The van der Waals surface area contributed by atoms with Gasteiger partial charge in [0.15, 0.2) is 0 Å². The van der Waals surface area contributed by atoms with Gasteiger partial charge in [-0.3, -0.25) is 4.98 Å². The highest BCUT2D eigenvalue weighted by atomic mass is 35.5. The van der Waals surface area contributed by atoms with Crippen molar-refractivity contribution in [2.45, 2.75) is 25.7 Å². The third-order valence-corrected chi connectivity index (χ3v) is 4.89. The van der Waals surface area contributed by atoms with Gasteiger partial charge < -0.3 is 5.32 Å². The van der Waals surface area contributed by atoms with Gasteiger partial charge in [-0.2, -0.15) is 0 Å². The van der Waals surface area contributed by atoms with Gasteiger partial charge in [-0.25, -0.2) is 0 Å². The number of benzene rings is 1. The van der Waals surface area contributed by atoms with Gasteiger partial charge in [-0.05, 0) is 72.7 Å². The molecule has 0 amide bonds. The number of hydrogen-bond donors (Lipinski definition) is 1. The van der Waals surface area contributed by atoms with Gasteiger partial charge >= 0.3 is 0 Å². The number of piperidine rings is 1. The van der Waals surface area contributed by atoms with E-state index >= 15 is 0 Å². The number of hydrogen-bond acceptors (Lipinski definition) is 2. The number of halogens is 1. The van der Waals surface area contributed by atoms with E-state index in [0.717, 1.165) is 37.4 Å². The van der Waals surface area contributed by atoms with Crippen molar-refractivity contribution in [3.05, 3.63) is 69.5 Å². The van der Waals surface area contributed by atoms with Gasteiger partial charge in [0, 0.05) is 23.3 Å². The molecule has 1 fully saturated rings. The van der Waals surface area contributed by atoms with Crippen molar-refractivity contribution in [1.82, 2.24) is 10.3 Å². The zero-order chi connectivity index (χ0) is 14.9. The molecule has 2 nitrogen and oxygen atoms in total. The average Bonchev–Trinajstić information content (AvgIpc) is 2.72. The number of nitrogens with one attached hydrogen (secondary N) is 1. The van der Waals surface area contributed by atoms with Crippen molar-refractivity contribution in [2.75, 3.05) is 13.1 Å². The fourth-order valence-electron chi connectivity index (χ4n) is 3.60. The third kappa shape index (κ3) is 2.47. The number of pyridine rings is 1. The molecule has 22 heavy (non-hydrogen) atoms. The van der Waals surface area contributed by atoms with Crippen LogP contribution in [0.5, 0.6) is 0 Å². The second-order valence-electron chi connectivity index (χ2n) is 6.07. The van der Waals surface area contributed by atoms with Gasteiger partial charge in [0.1, 0.15) is 0 Å². The van der Waals surface area contributed by atoms with Gasteiger partial charge in [0.25, 0.3) is 0 Å². The first kappa shape index (κ1) is 14.0. The Labute approximate surface area is 136 Å². The Hall–Kier alpha value is -1.64. The predicted octanol–water partition coefficient (Wildman–Crippen LogP) is 4.02. The van der Waals surface area contributed by atoms with Crippen molar-refractivity contribution < 1.29 is 0 Å². The Balaban J connectivity index is 1.98. The molecule has 3 heteroatoms. The summed E-state index contributed by atoms with van der Waals surface area (Å²) in [4.78, 5) is 4.74. The van der Waals surface area contributed by atoms with E-state index in [-0.39, 0.29) is 0 Å². The molecule has 0 bridgehead atoms. The standard InChI is InChI=1S/C19H19ClN2/c20-16-7-8-17-14(11-16)6-5-13-3-2-10-22-19(13)18(17)15-4-1-9-21-12-15/h2-3,7-8,10-11,21H,1,4-6,9,12H2/b18-15-. The molecule has 1 aliphatic carbocycles. The van der Waals surface area contributed by atoms with Crippen molar-refractivity contribution in [3.8, 4) is 0 Å². The molecular weight excluding hydrogens is 292 g/mol. The fraction of sp³-hybridized carbons (Fsp3) is 0.316. The summed E-state index contributed by atoms with van der Waals surface area (Å²) in [7, 11) is 0. The van der Waals surface area contributed by atoms with E-state index in [2.05, 4.69) is 23.5 Å². The van der Waals surface area contributed by atoms with E-state index in [4.69, 9.17) is 16.6 Å². The lowest BCUT2D eigenvalue weighted by atomic mass is 9.90. The van der Waals surface area contributed by atoms with Crippen LogP contribution in [0.15, 0.2) is 42.1 Å². The van der Waals surface area contributed by atoms with Crippen molar-refractivity contribution >= 4 is 17.2 Å². The van der Waals surface area contributed by atoms with Crippen molar-refractivity contribution in [1.29, 1.82) is 0 Å². The molecule has 1 aliphatic heterocycles. The maximum atomic E-state index is 6.23. The van der Waals surface area contributed by atoms with Crippen molar-refractivity contribution in [3.63, 3.8) is 0 Å². The third-order valence-electron chi connectivity index (χ3n) is 4.65. The summed E-state index contributed by atoms with van der Waals surface area (Å²) in [5.74, 6) is 0. The molecule has 1 saturated heterocycles. The van der Waals surface area contributed by atoms with Crippen molar-refractivity contribution in [2.24, 2.45) is 0 Å². The van der Waals surface area contributed by atoms with E-state index < -0.39 is 0 Å². The summed E-state index contributed by atoms with van der Waals surface area (Å²) in [5, 5.41) is 4.34. The first-order valence-corrected chi connectivity index (χ1v) is 8.36. The molecule has 4 rings (SSSR count). The smallest absolute Gasteiger partial charge is 0.0740 e. The van der Waals surface area contributed by atoms with Crippen LogP contribution < -0.4 is 5.32 Å². The lowest BCUT2D eigenvalue weighted by Gasteiger charge is -2.21. The Bertz CT molecular complexity index is 741. The summed E-state index contributed by atoms with van der Waals surface area (Å²) >= 11 is 6.23. The second-order valence-corrected chi connectivity index (χ2v) is 6.51. The summed E-state index contributed by atoms with van der Waals surface area (Å²) in [6.45, 7) is 2.08. The van der Waals surface area contributed by atoms with E-state index in [1.807, 2.05) is 18.3 Å². The highest BCUT2D eigenvalue weighted by Gasteiger charge is 2.23. The summed E-state index contributed by atoms with van der Waals surface area (Å²) in [6, 6.07) is 10.6. The van der Waals surface area contributed by atoms with Gasteiger partial charge in [0.05, 0.1) is 5.69 Å². The number of rotatable bonds is 0. The SMILES string of the molecule is Clc1ccc2c(c1)CCc1cccnc1/C2=C1/CCCNC1. The molecule has 0 saturated carbocycles. The maximum Gasteiger partial charge on any atom is 0.0740 e. The summed E-state index contributed by atoms with van der Waals surface area (Å²) in [6.07, 6.45) is 6.32. The minimum Gasteiger partial charge on any atom is -0.313 e. The molecular formula is C19H19ClN2. The van der Waals surface area contributed by atoms with Crippen LogP contribution in [0.4, 0.5) is 0 Å². The van der Waals surface area contributed by atoms with Crippen LogP contribution in [-0.2, 0) is 12.8 Å². The van der Waals surface area contributed by atoms with Crippen LogP contribution in [0.1, 0.15) is 35.2 Å². The predicted molar refractivity (Wildman–Crippen MR) is 91.2 cm³/mol. The topological polar surface area (TPSA) is 24.9 Å². The van der Waals surface area contributed by atoms with Crippen LogP contribution in [0.25, 0.3) is 5.57 Å². The first-order valence-electron chi connectivity index (χ1n) is 7.99. The Kier molecular flexibility index (Phi) is 3.73. The lowest BCUT2D eigenvalue weighted by Crippen LogP contribution is -2.25.